The molecule has 2 aliphatic rings. The van der Waals surface area contributed by atoms with Gasteiger partial charge >= 0.3 is 0 Å². The number of thiophene rings is 1. The second kappa shape index (κ2) is 11.7. The molecule has 1 aromatic heterocycles. The van der Waals surface area contributed by atoms with Crippen LogP contribution in [-0.4, -0.2) is 0 Å². The van der Waals surface area contributed by atoms with Gasteiger partial charge in [0.05, 0.1) is 15.6 Å². The molecule has 0 amide bonds. The van der Waals surface area contributed by atoms with Crippen LogP contribution in [0.2, 0.25) is 0 Å². The summed E-state index contributed by atoms with van der Waals surface area (Å²) in [6, 6.07) is 62.4. The van der Waals surface area contributed by atoms with Gasteiger partial charge in [0.2, 0.25) is 0 Å². The molecule has 0 N–H and O–H groups in total. The van der Waals surface area contributed by atoms with Crippen molar-refractivity contribution in [3.8, 4) is 33.4 Å². The summed E-state index contributed by atoms with van der Waals surface area (Å²) in [5.74, 6) is 0. The second-order valence-electron chi connectivity index (χ2n) is 13.3. The highest BCUT2D eigenvalue weighted by atomic mass is 32.1. The molecular formula is C49H33NS. The van der Waals surface area contributed by atoms with Gasteiger partial charge in [-0.25, -0.2) is 0 Å². The Morgan fingerprint density at radius 3 is 1.73 bits per heavy atom. The van der Waals surface area contributed by atoms with Crippen molar-refractivity contribution in [3.63, 3.8) is 0 Å². The lowest BCUT2D eigenvalue weighted by Crippen LogP contribution is -2.26. The number of hydrogen-bond acceptors (Lipinski definition) is 2. The predicted octanol–water partition coefficient (Wildman–Crippen LogP) is 11.5. The molecule has 0 aliphatic heterocycles. The number of allylic oxidation sites excluding steroid dienone is 1. The summed E-state index contributed by atoms with van der Waals surface area (Å²) in [7, 11) is 0. The standard InChI is InChI=1S/C49H33NS/c1-2-16-40-41-23-10-15-28-47(41)51-48(40)32-50(46-27-14-9-19-35(46)33-17-4-3-5-18-33)34-29-30-39-38-22-8-13-26-44(38)49(45(39)31-34)42-24-11-6-20-36(42)37-21-7-12-25-43(37)49/h2-32H,1H2/b40-16-,48-32+. The highest BCUT2D eigenvalue weighted by Crippen LogP contribution is 2.63. The first-order valence-electron chi connectivity index (χ1n) is 17.5. The number of fused-ring (bicyclic) bond motifs is 11. The zero-order chi connectivity index (χ0) is 33.9. The Bertz CT molecular complexity index is 2720. The van der Waals surface area contributed by atoms with E-state index in [-0.39, 0.29) is 0 Å². The van der Waals surface area contributed by atoms with Crippen LogP contribution in [-0.2, 0) is 5.41 Å². The summed E-state index contributed by atoms with van der Waals surface area (Å²) in [5.41, 5.74) is 14.8. The molecule has 0 saturated heterocycles. The summed E-state index contributed by atoms with van der Waals surface area (Å²) in [6.45, 7) is 4.09. The largest absolute Gasteiger partial charge is 0.315 e. The van der Waals surface area contributed by atoms with Crippen molar-refractivity contribution in [1.29, 1.82) is 0 Å². The van der Waals surface area contributed by atoms with E-state index < -0.39 is 5.41 Å². The molecule has 1 spiro atoms. The highest BCUT2D eigenvalue weighted by molar-refractivity contribution is 7.17. The SMILES string of the molecule is C=C/C=c1\c(=C/N(c2ccc3c(c2)C2(c4ccccc4-c4ccccc42)c2ccccc2-3)c2ccccc2-c2ccccc2)sc2ccccc12. The van der Waals surface area contributed by atoms with Gasteiger partial charge in [0, 0.05) is 32.8 Å². The monoisotopic (exact) mass is 667 g/mol. The van der Waals surface area contributed by atoms with Crippen molar-refractivity contribution in [2.45, 2.75) is 5.41 Å². The van der Waals surface area contributed by atoms with Gasteiger partial charge in [-0.2, -0.15) is 0 Å². The van der Waals surface area contributed by atoms with E-state index in [9.17, 15) is 0 Å². The fourth-order valence-electron chi connectivity index (χ4n) is 8.65. The van der Waals surface area contributed by atoms with Crippen LogP contribution < -0.4 is 14.7 Å². The van der Waals surface area contributed by atoms with E-state index >= 15 is 0 Å². The zero-order valence-electron chi connectivity index (χ0n) is 28.0. The first-order valence-corrected chi connectivity index (χ1v) is 18.3. The molecule has 2 aliphatic carbocycles. The Morgan fingerprint density at radius 1 is 0.510 bits per heavy atom. The quantitative estimate of drug-likeness (QED) is 0.177. The lowest BCUT2D eigenvalue weighted by atomic mass is 9.70. The Kier molecular flexibility index (Phi) is 6.80. The van der Waals surface area contributed by atoms with Gasteiger partial charge in [0.1, 0.15) is 0 Å². The van der Waals surface area contributed by atoms with Gasteiger partial charge in [-0.15, -0.1) is 11.3 Å². The minimum Gasteiger partial charge on any atom is -0.315 e. The van der Waals surface area contributed by atoms with Gasteiger partial charge < -0.3 is 4.90 Å². The summed E-state index contributed by atoms with van der Waals surface area (Å²) in [5, 5.41) is 2.43. The molecule has 8 aromatic rings. The molecule has 1 nitrogen and oxygen atoms in total. The number of benzene rings is 7. The summed E-state index contributed by atoms with van der Waals surface area (Å²) >= 11 is 1.82. The number of anilines is 2. The van der Waals surface area contributed by atoms with Gasteiger partial charge in [-0.3, -0.25) is 0 Å². The van der Waals surface area contributed by atoms with Crippen LogP contribution in [0.1, 0.15) is 22.3 Å². The van der Waals surface area contributed by atoms with Gasteiger partial charge in [0.15, 0.2) is 0 Å². The van der Waals surface area contributed by atoms with E-state index in [0.29, 0.717) is 0 Å². The topological polar surface area (TPSA) is 3.24 Å². The smallest absolute Gasteiger partial charge is 0.0726 e. The maximum atomic E-state index is 4.09. The summed E-state index contributed by atoms with van der Waals surface area (Å²) in [6.07, 6.45) is 6.39. The molecule has 0 fully saturated rings. The third-order valence-electron chi connectivity index (χ3n) is 10.7. The second-order valence-corrected chi connectivity index (χ2v) is 14.4. The molecule has 0 radical (unpaired) electrons. The molecule has 1 heterocycles. The van der Waals surface area contributed by atoms with E-state index in [1.807, 2.05) is 17.4 Å². The van der Waals surface area contributed by atoms with Crippen LogP contribution in [0.5, 0.6) is 0 Å². The number of nitrogens with zero attached hydrogens (tertiary/aromatic N) is 1. The minimum atomic E-state index is -0.418. The van der Waals surface area contributed by atoms with E-state index in [0.717, 1.165) is 11.4 Å². The molecule has 7 aromatic carbocycles. The number of hydrogen-bond donors (Lipinski definition) is 0. The Labute approximate surface area is 302 Å². The molecule has 0 unspecified atom stereocenters. The van der Waals surface area contributed by atoms with Crippen LogP contribution >= 0.6 is 11.3 Å². The highest BCUT2D eigenvalue weighted by Gasteiger charge is 2.51. The third-order valence-corrected chi connectivity index (χ3v) is 11.8. The number of para-hydroxylation sites is 1. The molecule has 0 atom stereocenters. The summed E-state index contributed by atoms with van der Waals surface area (Å²) < 4.78 is 2.45. The average Bonchev–Trinajstić information content (AvgIpc) is 3.81. The van der Waals surface area contributed by atoms with Crippen LogP contribution in [0.15, 0.2) is 183 Å². The molecule has 10 rings (SSSR count). The van der Waals surface area contributed by atoms with Crippen molar-refractivity contribution in [2.24, 2.45) is 0 Å². The molecule has 51 heavy (non-hydrogen) atoms. The number of rotatable bonds is 5. The lowest BCUT2D eigenvalue weighted by molar-refractivity contribution is 0.794. The first kappa shape index (κ1) is 29.7. The van der Waals surface area contributed by atoms with E-state index in [4.69, 9.17) is 0 Å². The molecule has 2 heteroatoms. The van der Waals surface area contributed by atoms with Crippen molar-refractivity contribution in [3.05, 3.63) is 215 Å². The summed E-state index contributed by atoms with van der Waals surface area (Å²) in [4.78, 5) is 2.41. The van der Waals surface area contributed by atoms with E-state index in [1.165, 1.54) is 75.5 Å². The molecule has 240 valence electrons. The van der Waals surface area contributed by atoms with Gasteiger partial charge in [-0.05, 0) is 74.3 Å². The Hall–Kier alpha value is -6.22. The fraction of sp³-hybridized carbons (Fsp3) is 0.0204. The van der Waals surface area contributed by atoms with Crippen LogP contribution in [0.4, 0.5) is 11.4 Å². The fourth-order valence-corrected chi connectivity index (χ4v) is 9.77. The predicted molar refractivity (Wildman–Crippen MR) is 217 cm³/mol. The third kappa shape index (κ3) is 4.33. The van der Waals surface area contributed by atoms with Gasteiger partial charge in [0.25, 0.3) is 0 Å². The maximum Gasteiger partial charge on any atom is 0.0726 e. The Morgan fingerprint density at radius 2 is 1.06 bits per heavy atom. The van der Waals surface area contributed by atoms with Crippen molar-refractivity contribution >= 4 is 45.1 Å². The lowest BCUT2D eigenvalue weighted by Gasteiger charge is -2.31. The van der Waals surface area contributed by atoms with Crippen LogP contribution in [0, 0.1) is 0 Å². The van der Waals surface area contributed by atoms with Gasteiger partial charge in [-0.1, -0.05) is 164 Å². The van der Waals surface area contributed by atoms with Crippen molar-refractivity contribution in [2.75, 3.05) is 4.90 Å². The minimum absolute atomic E-state index is 0.418. The van der Waals surface area contributed by atoms with Crippen LogP contribution in [0.25, 0.3) is 55.7 Å². The average molecular weight is 668 g/mol. The zero-order valence-corrected chi connectivity index (χ0v) is 28.8. The molecule has 0 bridgehead atoms. The Balaban J connectivity index is 1.29. The van der Waals surface area contributed by atoms with E-state index in [1.54, 1.807) is 0 Å². The molecule has 0 saturated carbocycles. The molecular weight excluding hydrogens is 635 g/mol. The van der Waals surface area contributed by atoms with Crippen LogP contribution in [0.3, 0.4) is 0 Å². The first-order chi connectivity index (χ1) is 25.3. The maximum absolute atomic E-state index is 4.09. The van der Waals surface area contributed by atoms with E-state index in [2.05, 4.69) is 194 Å². The normalized spacial score (nSPS) is 14.0. The van der Waals surface area contributed by atoms with Crippen molar-refractivity contribution < 1.29 is 0 Å². The van der Waals surface area contributed by atoms with Crippen molar-refractivity contribution in [1.82, 2.24) is 0 Å².